The molecule has 0 aliphatic heterocycles. The van der Waals surface area contributed by atoms with E-state index in [1.165, 1.54) is 11.8 Å². The van der Waals surface area contributed by atoms with Crippen molar-refractivity contribution >= 4 is 35.0 Å². The summed E-state index contributed by atoms with van der Waals surface area (Å²) in [6.07, 6.45) is 0. The van der Waals surface area contributed by atoms with Gasteiger partial charge in [-0.15, -0.1) is 21.5 Å². The number of thioether (sulfide) groups is 1. The standard InChI is InChI=1S/C19H21N5O3S2/c1-12(2)20-18(26)21-16(25)11-29-19-23-22-17(15-9-6-10-28-15)24(19)13-7-4-5-8-14(13)27-3/h4-10,12H,11H2,1-3H3,(H2,20,21,25,26). The molecule has 0 aliphatic carbocycles. The molecule has 0 aliphatic rings. The summed E-state index contributed by atoms with van der Waals surface area (Å²) in [6, 6.07) is 10.9. The first-order valence-electron chi connectivity index (χ1n) is 8.85. The third-order valence-electron chi connectivity index (χ3n) is 3.71. The average Bonchev–Trinajstić information content (AvgIpc) is 3.35. The van der Waals surface area contributed by atoms with Crippen molar-refractivity contribution in [1.29, 1.82) is 0 Å². The fraction of sp³-hybridized carbons (Fsp3) is 0.263. The summed E-state index contributed by atoms with van der Waals surface area (Å²) in [5, 5.41) is 16.0. The molecule has 1 aromatic carbocycles. The van der Waals surface area contributed by atoms with Gasteiger partial charge >= 0.3 is 6.03 Å². The zero-order valence-electron chi connectivity index (χ0n) is 16.2. The number of imide groups is 1. The number of hydrogen-bond donors (Lipinski definition) is 2. The SMILES string of the molecule is COc1ccccc1-n1c(SCC(=O)NC(=O)NC(C)C)nnc1-c1cccs1. The van der Waals surface area contributed by atoms with Crippen molar-refractivity contribution in [1.82, 2.24) is 25.4 Å². The Morgan fingerprint density at radius 3 is 2.69 bits per heavy atom. The Labute approximate surface area is 176 Å². The topological polar surface area (TPSA) is 98.1 Å². The Morgan fingerprint density at radius 1 is 1.21 bits per heavy atom. The molecule has 0 spiro atoms. The van der Waals surface area contributed by atoms with E-state index < -0.39 is 11.9 Å². The van der Waals surface area contributed by atoms with Crippen molar-refractivity contribution in [2.75, 3.05) is 12.9 Å². The zero-order valence-corrected chi connectivity index (χ0v) is 17.8. The van der Waals surface area contributed by atoms with Gasteiger partial charge in [-0.05, 0) is 37.4 Å². The van der Waals surface area contributed by atoms with Crippen LogP contribution >= 0.6 is 23.1 Å². The number of nitrogens with zero attached hydrogens (tertiary/aromatic N) is 3. The lowest BCUT2D eigenvalue weighted by atomic mass is 10.3. The minimum Gasteiger partial charge on any atom is -0.495 e. The highest BCUT2D eigenvalue weighted by Crippen LogP contribution is 2.33. The van der Waals surface area contributed by atoms with Gasteiger partial charge in [-0.1, -0.05) is 30.0 Å². The molecule has 8 nitrogen and oxygen atoms in total. The molecule has 3 rings (SSSR count). The third-order valence-corrected chi connectivity index (χ3v) is 5.50. The molecule has 0 radical (unpaired) electrons. The number of amides is 3. The Morgan fingerprint density at radius 2 is 2.00 bits per heavy atom. The molecule has 0 fully saturated rings. The van der Waals surface area contributed by atoms with Crippen LogP contribution in [0, 0.1) is 0 Å². The third kappa shape index (κ3) is 5.15. The zero-order chi connectivity index (χ0) is 20.8. The second kappa shape index (κ2) is 9.57. The Hall–Kier alpha value is -2.85. The molecule has 29 heavy (non-hydrogen) atoms. The highest BCUT2D eigenvalue weighted by Gasteiger charge is 2.20. The van der Waals surface area contributed by atoms with Crippen molar-refractivity contribution in [3.63, 3.8) is 0 Å². The molecular formula is C19H21N5O3S2. The van der Waals surface area contributed by atoms with Gasteiger partial charge in [-0.2, -0.15) is 0 Å². The minimum absolute atomic E-state index is 0.0171. The summed E-state index contributed by atoms with van der Waals surface area (Å²) in [6.45, 7) is 3.64. The van der Waals surface area contributed by atoms with E-state index in [2.05, 4.69) is 20.8 Å². The fourth-order valence-corrected chi connectivity index (χ4v) is 3.99. The number of benzene rings is 1. The van der Waals surface area contributed by atoms with Crippen LogP contribution in [0.4, 0.5) is 4.79 Å². The molecule has 0 saturated heterocycles. The predicted molar refractivity (Wildman–Crippen MR) is 114 cm³/mol. The first-order valence-corrected chi connectivity index (χ1v) is 10.7. The van der Waals surface area contributed by atoms with Gasteiger partial charge in [0, 0.05) is 6.04 Å². The van der Waals surface area contributed by atoms with E-state index in [4.69, 9.17) is 4.74 Å². The maximum absolute atomic E-state index is 12.1. The lowest BCUT2D eigenvalue weighted by Crippen LogP contribution is -2.43. The second-order valence-corrected chi connectivity index (χ2v) is 8.15. The van der Waals surface area contributed by atoms with Crippen LogP contribution in [0.1, 0.15) is 13.8 Å². The predicted octanol–water partition coefficient (Wildman–Crippen LogP) is 3.33. The lowest BCUT2D eigenvalue weighted by Gasteiger charge is -2.13. The van der Waals surface area contributed by atoms with E-state index in [0.29, 0.717) is 16.7 Å². The maximum Gasteiger partial charge on any atom is 0.321 e. The molecule has 10 heteroatoms. The smallest absolute Gasteiger partial charge is 0.321 e. The quantitative estimate of drug-likeness (QED) is 0.557. The largest absolute Gasteiger partial charge is 0.495 e. The summed E-state index contributed by atoms with van der Waals surface area (Å²) < 4.78 is 7.36. The molecule has 0 saturated carbocycles. The number of ether oxygens (including phenoxy) is 1. The number of nitrogens with one attached hydrogen (secondary N) is 2. The first-order chi connectivity index (χ1) is 14.0. The van der Waals surface area contributed by atoms with E-state index in [-0.39, 0.29) is 11.8 Å². The highest BCUT2D eigenvalue weighted by molar-refractivity contribution is 7.99. The molecule has 152 valence electrons. The summed E-state index contributed by atoms with van der Waals surface area (Å²) in [5.74, 6) is 0.918. The molecule has 3 amide bonds. The second-order valence-electron chi connectivity index (χ2n) is 6.26. The van der Waals surface area contributed by atoms with Crippen molar-refractivity contribution in [3.8, 4) is 22.1 Å². The molecule has 2 heterocycles. The van der Waals surface area contributed by atoms with Gasteiger partial charge in [-0.3, -0.25) is 14.7 Å². The van der Waals surface area contributed by atoms with Crippen LogP contribution in [-0.4, -0.2) is 45.6 Å². The van der Waals surface area contributed by atoms with E-state index in [1.54, 1.807) is 18.4 Å². The monoisotopic (exact) mass is 431 g/mol. The van der Waals surface area contributed by atoms with Crippen molar-refractivity contribution < 1.29 is 14.3 Å². The average molecular weight is 432 g/mol. The number of carbonyl (C=O) groups is 2. The van der Waals surface area contributed by atoms with Crippen molar-refractivity contribution in [2.45, 2.75) is 25.0 Å². The van der Waals surface area contributed by atoms with Crippen LogP contribution in [-0.2, 0) is 4.79 Å². The number of carbonyl (C=O) groups excluding carboxylic acids is 2. The van der Waals surface area contributed by atoms with Crippen LogP contribution in [0.3, 0.4) is 0 Å². The van der Waals surface area contributed by atoms with Gasteiger partial charge < -0.3 is 10.1 Å². The molecular weight excluding hydrogens is 410 g/mol. The highest BCUT2D eigenvalue weighted by atomic mass is 32.2. The Bertz CT molecular complexity index is 986. The lowest BCUT2D eigenvalue weighted by molar-refractivity contribution is -0.117. The first kappa shape index (κ1) is 20.9. The molecule has 0 bridgehead atoms. The van der Waals surface area contributed by atoms with Gasteiger partial charge in [0.1, 0.15) is 5.75 Å². The summed E-state index contributed by atoms with van der Waals surface area (Å²) in [7, 11) is 1.60. The summed E-state index contributed by atoms with van der Waals surface area (Å²) in [4.78, 5) is 24.8. The number of thiophene rings is 1. The summed E-state index contributed by atoms with van der Waals surface area (Å²) in [5.41, 5.74) is 0.767. The molecule has 2 N–H and O–H groups in total. The minimum atomic E-state index is -0.518. The Balaban J connectivity index is 1.86. The summed E-state index contributed by atoms with van der Waals surface area (Å²) >= 11 is 2.74. The van der Waals surface area contributed by atoms with Gasteiger partial charge in [-0.25, -0.2) is 4.79 Å². The van der Waals surface area contributed by atoms with Gasteiger partial charge in [0.05, 0.1) is 23.4 Å². The van der Waals surface area contributed by atoms with Gasteiger partial charge in [0.25, 0.3) is 0 Å². The van der Waals surface area contributed by atoms with E-state index in [1.807, 2.05) is 60.2 Å². The van der Waals surface area contributed by atoms with Gasteiger partial charge in [0.15, 0.2) is 11.0 Å². The number of para-hydroxylation sites is 2. The van der Waals surface area contributed by atoms with Crippen molar-refractivity contribution in [2.24, 2.45) is 0 Å². The van der Waals surface area contributed by atoms with Crippen LogP contribution in [0.5, 0.6) is 5.75 Å². The number of hydrogen-bond acceptors (Lipinski definition) is 7. The Kier molecular flexibility index (Phi) is 6.89. The number of urea groups is 1. The van der Waals surface area contributed by atoms with Crippen LogP contribution in [0.25, 0.3) is 16.4 Å². The number of methoxy groups -OCH3 is 1. The number of rotatable bonds is 7. The van der Waals surface area contributed by atoms with Crippen molar-refractivity contribution in [3.05, 3.63) is 41.8 Å². The molecule has 0 atom stereocenters. The molecule has 0 unspecified atom stereocenters. The molecule has 3 aromatic rings. The van der Waals surface area contributed by atoms with Crippen LogP contribution < -0.4 is 15.4 Å². The number of aromatic nitrogens is 3. The van der Waals surface area contributed by atoms with E-state index >= 15 is 0 Å². The van der Waals surface area contributed by atoms with E-state index in [9.17, 15) is 9.59 Å². The van der Waals surface area contributed by atoms with Gasteiger partial charge in [0.2, 0.25) is 5.91 Å². The van der Waals surface area contributed by atoms with E-state index in [0.717, 1.165) is 10.6 Å². The maximum atomic E-state index is 12.1. The normalized spacial score (nSPS) is 10.8. The van der Waals surface area contributed by atoms with Crippen LogP contribution in [0.15, 0.2) is 46.9 Å². The van der Waals surface area contributed by atoms with Crippen LogP contribution in [0.2, 0.25) is 0 Å². The fourth-order valence-electron chi connectivity index (χ4n) is 2.55. The molecule has 2 aromatic heterocycles.